The van der Waals surface area contributed by atoms with Gasteiger partial charge in [-0.05, 0) is 81.1 Å². The molecule has 3 rings (SSSR count). The van der Waals surface area contributed by atoms with E-state index in [1.54, 1.807) is 19.3 Å². The van der Waals surface area contributed by atoms with Crippen molar-refractivity contribution in [1.82, 2.24) is 5.32 Å². The van der Waals surface area contributed by atoms with Crippen LogP contribution < -0.4 is 5.32 Å². The largest absolute Gasteiger partial charge is 0.314 e. The van der Waals surface area contributed by atoms with Gasteiger partial charge in [0.2, 0.25) is 0 Å². The van der Waals surface area contributed by atoms with E-state index in [1.165, 1.54) is 38.6 Å². The van der Waals surface area contributed by atoms with Gasteiger partial charge in [0.25, 0.3) is 0 Å². The van der Waals surface area contributed by atoms with Crippen molar-refractivity contribution in [2.75, 3.05) is 6.54 Å². The Balaban J connectivity index is 1.37. The lowest BCUT2D eigenvalue weighted by molar-refractivity contribution is 0.223. The molecule has 0 amide bonds. The number of fused-ring (bicyclic) bond motifs is 2. The molecule has 0 aliphatic heterocycles. The molecule has 1 nitrogen and oxygen atoms in total. The first kappa shape index (κ1) is 13.0. The Kier molecular flexibility index (Phi) is 3.98. The first-order valence-corrected chi connectivity index (χ1v) is 8.45. The summed E-state index contributed by atoms with van der Waals surface area (Å²) >= 11 is 0. The van der Waals surface area contributed by atoms with E-state index in [0.29, 0.717) is 0 Å². The minimum Gasteiger partial charge on any atom is -0.314 e. The summed E-state index contributed by atoms with van der Waals surface area (Å²) in [7, 11) is 0. The predicted molar refractivity (Wildman–Crippen MR) is 77.5 cm³/mol. The summed E-state index contributed by atoms with van der Waals surface area (Å²) in [6.07, 6.45) is 12.0. The van der Waals surface area contributed by atoms with E-state index >= 15 is 0 Å². The number of nitrogens with one attached hydrogen (secondary N) is 1. The average molecular weight is 249 g/mol. The predicted octanol–water partition coefficient (Wildman–Crippen LogP) is 4.23. The summed E-state index contributed by atoms with van der Waals surface area (Å²) in [4.78, 5) is 0. The Hall–Kier alpha value is -0.0400. The fourth-order valence-corrected chi connectivity index (χ4v) is 4.93. The van der Waals surface area contributed by atoms with Gasteiger partial charge >= 0.3 is 0 Å². The highest BCUT2D eigenvalue weighted by molar-refractivity contribution is 4.91. The third-order valence-electron chi connectivity index (χ3n) is 6.27. The van der Waals surface area contributed by atoms with Crippen molar-refractivity contribution < 1.29 is 0 Å². The Morgan fingerprint density at radius 1 is 0.944 bits per heavy atom. The summed E-state index contributed by atoms with van der Waals surface area (Å²) in [6.45, 7) is 6.12. The lowest BCUT2D eigenvalue weighted by Crippen LogP contribution is -2.38. The Bertz CT molecular complexity index is 265. The number of hydrogen-bond donors (Lipinski definition) is 1. The van der Waals surface area contributed by atoms with E-state index < -0.39 is 0 Å². The summed E-state index contributed by atoms with van der Waals surface area (Å²) in [5.74, 6) is 5.14. The SMILES string of the molecule is CC(C)C1CCC(NCC2CC3CCC2C3)CC1. The van der Waals surface area contributed by atoms with Crippen molar-refractivity contribution in [3.63, 3.8) is 0 Å². The molecule has 3 saturated carbocycles. The van der Waals surface area contributed by atoms with E-state index in [9.17, 15) is 0 Å². The van der Waals surface area contributed by atoms with Gasteiger partial charge in [-0.3, -0.25) is 0 Å². The summed E-state index contributed by atoms with van der Waals surface area (Å²) in [6, 6.07) is 0.846. The first-order chi connectivity index (χ1) is 8.72. The quantitative estimate of drug-likeness (QED) is 0.786. The molecule has 3 unspecified atom stereocenters. The molecule has 3 aliphatic carbocycles. The van der Waals surface area contributed by atoms with Crippen molar-refractivity contribution in [1.29, 1.82) is 0 Å². The van der Waals surface area contributed by atoms with Gasteiger partial charge in [-0.15, -0.1) is 0 Å². The van der Waals surface area contributed by atoms with Crippen molar-refractivity contribution in [3.8, 4) is 0 Å². The maximum Gasteiger partial charge on any atom is 0.00673 e. The maximum atomic E-state index is 3.91. The van der Waals surface area contributed by atoms with Gasteiger partial charge in [-0.2, -0.15) is 0 Å². The van der Waals surface area contributed by atoms with Gasteiger partial charge in [0.1, 0.15) is 0 Å². The Morgan fingerprint density at radius 3 is 2.28 bits per heavy atom. The topological polar surface area (TPSA) is 12.0 Å². The molecular formula is C17H31N. The van der Waals surface area contributed by atoms with E-state index in [4.69, 9.17) is 0 Å². The van der Waals surface area contributed by atoms with Crippen LogP contribution in [0.4, 0.5) is 0 Å². The molecule has 1 heteroatoms. The molecule has 0 aromatic rings. The Labute approximate surface area is 113 Å². The molecule has 104 valence electrons. The second-order valence-corrected chi connectivity index (χ2v) is 7.70. The molecule has 3 aliphatic rings. The molecule has 0 heterocycles. The number of rotatable bonds is 4. The van der Waals surface area contributed by atoms with Crippen LogP contribution in [0, 0.1) is 29.6 Å². The summed E-state index contributed by atoms with van der Waals surface area (Å²) in [5, 5.41) is 3.91. The van der Waals surface area contributed by atoms with Gasteiger partial charge in [0.15, 0.2) is 0 Å². The Morgan fingerprint density at radius 2 is 1.72 bits per heavy atom. The fraction of sp³-hybridized carbons (Fsp3) is 1.00. The first-order valence-electron chi connectivity index (χ1n) is 8.45. The van der Waals surface area contributed by atoms with Crippen molar-refractivity contribution in [2.45, 2.75) is 71.3 Å². The van der Waals surface area contributed by atoms with Gasteiger partial charge in [0.05, 0.1) is 0 Å². The van der Waals surface area contributed by atoms with Gasteiger partial charge in [-0.25, -0.2) is 0 Å². The smallest absolute Gasteiger partial charge is 0.00673 e. The highest BCUT2D eigenvalue weighted by Crippen LogP contribution is 2.48. The minimum absolute atomic E-state index is 0.846. The molecule has 0 aromatic carbocycles. The van der Waals surface area contributed by atoms with E-state index in [-0.39, 0.29) is 0 Å². The molecular weight excluding hydrogens is 218 g/mol. The zero-order valence-corrected chi connectivity index (χ0v) is 12.3. The van der Waals surface area contributed by atoms with Crippen LogP contribution in [-0.4, -0.2) is 12.6 Å². The van der Waals surface area contributed by atoms with E-state index in [2.05, 4.69) is 19.2 Å². The maximum absolute atomic E-state index is 3.91. The van der Waals surface area contributed by atoms with Gasteiger partial charge in [-0.1, -0.05) is 20.3 Å². The van der Waals surface area contributed by atoms with Crippen LogP contribution in [0.15, 0.2) is 0 Å². The highest BCUT2D eigenvalue weighted by atomic mass is 14.9. The normalized spacial score (nSPS) is 43.8. The van der Waals surface area contributed by atoms with Crippen molar-refractivity contribution >= 4 is 0 Å². The van der Waals surface area contributed by atoms with Gasteiger partial charge in [0, 0.05) is 6.04 Å². The standard InChI is InChI=1S/C17H31N/c1-12(2)14-5-7-17(8-6-14)18-11-16-10-13-3-4-15(16)9-13/h12-18H,3-11H2,1-2H3. The molecule has 0 saturated heterocycles. The second-order valence-electron chi connectivity index (χ2n) is 7.70. The fourth-order valence-electron chi connectivity index (χ4n) is 4.93. The van der Waals surface area contributed by atoms with Crippen molar-refractivity contribution in [2.24, 2.45) is 29.6 Å². The third-order valence-corrected chi connectivity index (χ3v) is 6.27. The molecule has 3 fully saturated rings. The van der Waals surface area contributed by atoms with Crippen LogP contribution in [0.25, 0.3) is 0 Å². The number of hydrogen-bond acceptors (Lipinski definition) is 1. The zero-order chi connectivity index (χ0) is 12.5. The molecule has 0 aromatic heterocycles. The van der Waals surface area contributed by atoms with Crippen LogP contribution in [0.2, 0.25) is 0 Å². The van der Waals surface area contributed by atoms with Crippen LogP contribution in [0.3, 0.4) is 0 Å². The van der Waals surface area contributed by atoms with Crippen LogP contribution in [0.1, 0.15) is 65.2 Å². The van der Waals surface area contributed by atoms with E-state index in [1.807, 2.05) is 0 Å². The lowest BCUT2D eigenvalue weighted by atomic mass is 9.79. The molecule has 18 heavy (non-hydrogen) atoms. The molecule has 0 spiro atoms. The van der Waals surface area contributed by atoms with Crippen LogP contribution >= 0.6 is 0 Å². The van der Waals surface area contributed by atoms with Gasteiger partial charge < -0.3 is 5.32 Å². The molecule has 2 bridgehead atoms. The van der Waals surface area contributed by atoms with Crippen LogP contribution in [-0.2, 0) is 0 Å². The molecule has 3 atom stereocenters. The average Bonchev–Trinajstić information content (AvgIpc) is 2.99. The monoisotopic (exact) mass is 249 g/mol. The van der Waals surface area contributed by atoms with E-state index in [0.717, 1.165) is 35.6 Å². The molecule has 1 N–H and O–H groups in total. The van der Waals surface area contributed by atoms with Crippen LogP contribution in [0.5, 0.6) is 0 Å². The molecule has 0 radical (unpaired) electrons. The second kappa shape index (κ2) is 5.53. The summed E-state index contributed by atoms with van der Waals surface area (Å²) in [5.41, 5.74) is 0. The third kappa shape index (κ3) is 2.76. The lowest BCUT2D eigenvalue weighted by Gasteiger charge is -2.33. The van der Waals surface area contributed by atoms with Crippen molar-refractivity contribution in [3.05, 3.63) is 0 Å². The zero-order valence-electron chi connectivity index (χ0n) is 12.3. The summed E-state index contributed by atoms with van der Waals surface area (Å²) < 4.78 is 0. The minimum atomic E-state index is 0.846. The highest BCUT2D eigenvalue weighted by Gasteiger charge is 2.39.